The van der Waals surface area contributed by atoms with Gasteiger partial charge < -0.3 is 19.9 Å². The molecule has 0 radical (unpaired) electrons. The summed E-state index contributed by atoms with van der Waals surface area (Å²) in [6.45, 7) is 0.114. The molecule has 3 rings (SSSR count). The Morgan fingerprint density at radius 2 is 1.64 bits per heavy atom. The first-order valence-corrected chi connectivity index (χ1v) is 8.77. The number of ether oxygens (including phenoxy) is 2. The summed E-state index contributed by atoms with van der Waals surface area (Å²) in [5.41, 5.74) is 2.11. The lowest BCUT2D eigenvalue weighted by Gasteiger charge is -2.17. The number of aromatic nitrogens is 1. The van der Waals surface area contributed by atoms with E-state index in [1.165, 1.54) is 0 Å². The normalized spacial score (nSPS) is 10.8. The summed E-state index contributed by atoms with van der Waals surface area (Å²) in [7, 11) is -0.303. The molecule has 0 fully saturated rings. The van der Waals surface area contributed by atoms with Crippen molar-refractivity contribution in [3.63, 3.8) is 0 Å². The highest BCUT2D eigenvalue weighted by Gasteiger charge is 2.21. The van der Waals surface area contributed by atoms with Gasteiger partial charge in [0, 0.05) is 14.5 Å². The van der Waals surface area contributed by atoms with Gasteiger partial charge in [0.05, 0.1) is 12.3 Å². The van der Waals surface area contributed by atoms with Crippen molar-refractivity contribution in [2.75, 3.05) is 7.02 Å². The molecule has 0 aliphatic heterocycles. The SMILES string of the molecule is [3H]CNC(=O)c1nc(CO)cc(OCc2ccccc2)c1OCc1ccccc1. The molecule has 0 atom stereocenters. The van der Waals surface area contributed by atoms with E-state index in [1.54, 1.807) is 6.07 Å². The van der Waals surface area contributed by atoms with Crippen LogP contribution < -0.4 is 14.8 Å². The third-order valence-corrected chi connectivity index (χ3v) is 3.99. The van der Waals surface area contributed by atoms with Crippen molar-refractivity contribution < 1.29 is 20.7 Å². The number of carbonyl (C=O) groups is 1. The fourth-order valence-corrected chi connectivity index (χ4v) is 2.59. The number of nitrogens with one attached hydrogen (secondary N) is 1. The van der Waals surface area contributed by atoms with Gasteiger partial charge in [-0.05, 0) is 11.1 Å². The van der Waals surface area contributed by atoms with Crippen LogP contribution in [0.15, 0.2) is 66.7 Å². The first-order chi connectivity index (χ1) is 14.2. The second-order valence-electron chi connectivity index (χ2n) is 6.00. The highest BCUT2D eigenvalue weighted by Crippen LogP contribution is 2.33. The van der Waals surface area contributed by atoms with Crippen LogP contribution in [0.5, 0.6) is 11.5 Å². The maximum absolute atomic E-state index is 12.5. The molecule has 1 amide bonds. The van der Waals surface area contributed by atoms with E-state index in [1.807, 2.05) is 60.7 Å². The Bertz CT molecular complexity index is 936. The zero-order chi connectivity index (χ0) is 20.5. The highest BCUT2D eigenvalue weighted by atomic mass is 16.5. The van der Waals surface area contributed by atoms with Crippen LogP contribution >= 0.6 is 0 Å². The largest absolute Gasteiger partial charge is 0.485 e. The van der Waals surface area contributed by atoms with Gasteiger partial charge in [0.15, 0.2) is 17.2 Å². The summed E-state index contributed by atoms with van der Waals surface area (Å²) < 4.78 is 19.1. The van der Waals surface area contributed by atoms with Crippen molar-refractivity contribution in [2.24, 2.45) is 0 Å². The molecule has 0 saturated heterocycles. The van der Waals surface area contributed by atoms with Crippen molar-refractivity contribution in [2.45, 2.75) is 19.8 Å². The fourth-order valence-electron chi connectivity index (χ4n) is 2.59. The van der Waals surface area contributed by atoms with Gasteiger partial charge in [0.2, 0.25) is 0 Å². The number of carbonyl (C=O) groups excluding carboxylic acids is 1. The maximum atomic E-state index is 12.5. The lowest BCUT2D eigenvalue weighted by atomic mass is 10.2. The molecule has 2 aromatic carbocycles. The molecule has 1 aromatic heterocycles. The Hall–Kier alpha value is -3.38. The average molecular weight is 380 g/mol. The Morgan fingerprint density at radius 1 is 1.04 bits per heavy atom. The molecule has 0 aliphatic carbocycles. The minimum atomic E-state index is -0.567. The average Bonchev–Trinajstić information content (AvgIpc) is 2.77. The number of hydrogen-bond donors (Lipinski definition) is 2. The molecule has 6 nitrogen and oxygen atoms in total. The minimum absolute atomic E-state index is 0.0252. The Balaban J connectivity index is 1.93. The molecule has 0 spiro atoms. The summed E-state index contributed by atoms with van der Waals surface area (Å²) in [4.78, 5) is 16.6. The number of aliphatic hydroxyl groups is 1. The molecule has 6 heteroatoms. The molecular formula is C22H22N2O4. The number of aliphatic hydroxyl groups excluding tert-OH is 1. The number of pyridine rings is 1. The molecule has 0 saturated carbocycles. The monoisotopic (exact) mass is 380 g/mol. The number of hydrogen-bond acceptors (Lipinski definition) is 5. The van der Waals surface area contributed by atoms with Crippen LogP contribution in [0.2, 0.25) is 0 Å². The Morgan fingerprint density at radius 3 is 2.21 bits per heavy atom. The quantitative estimate of drug-likeness (QED) is 0.628. The van der Waals surface area contributed by atoms with Crippen LogP contribution in [0.1, 0.15) is 28.7 Å². The molecule has 0 bridgehead atoms. The maximum Gasteiger partial charge on any atom is 0.273 e. The van der Waals surface area contributed by atoms with Crippen LogP contribution in [-0.4, -0.2) is 23.0 Å². The summed E-state index contributed by atoms with van der Waals surface area (Å²) in [6, 6.07) is 20.6. The zero-order valence-corrected chi connectivity index (χ0v) is 15.3. The van der Waals surface area contributed by atoms with E-state index in [0.717, 1.165) is 11.1 Å². The van der Waals surface area contributed by atoms with Crippen LogP contribution in [0.3, 0.4) is 0 Å². The Kier molecular flexibility index (Phi) is 6.13. The third kappa shape index (κ3) is 4.86. The highest BCUT2D eigenvalue weighted by molar-refractivity contribution is 5.95. The molecular weight excluding hydrogens is 356 g/mol. The molecule has 2 N–H and O–H groups in total. The van der Waals surface area contributed by atoms with Crippen molar-refractivity contribution in [3.8, 4) is 11.5 Å². The van der Waals surface area contributed by atoms with Gasteiger partial charge in [-0.15, -0.1) is 0 Å². The van der Waals surface area contributed by atoms with Crippen molar-refractivity contribution in [1.29, 1.82) is 0 Å². The second-order valence-corrected chi connectivity index (χ2v) is 6.00. The molecule has 3 aromatic rings. The smallest absolute Gasteiger partial charge is 0.273 e. The summed E-state index contributed by atoms with van der Waals surface area (Å²) in [5, 5.41) is 12.0. The van der Waals surface area contributed by atoms with Crippen molar-refractivity contribution >= 4 is 5.91 Å². The van der Waals surface area contributed by atoms with E-state index in [-0.39, 0.29) is 44.0 Å². The number of nitrogens with zero attached hydrogens (tertiary/aromatic N) is 1. The predicted octanol–water partition coefficient (Wildman–Crippen LogP) is 3.09. The molecule has 0 unspecified atom stereocenters. The van der Waals surface area contributed by atoms with E-state index >= 15 is 0 Å². The molecule has 1 heterocycles. The van der Waals surface area contributed by atoms with Crippen LogP contribution in [0.4, 0.5) is 0 Å². The summed E-state index contributed by atoms with van der Waals surface area (Å²) in [6.07, 6.45) is 0. The number of benzene rings is 2. The van der Waals surface area contributed by atoms with Crippen LogP contribution in [0.25, 0.3) is 0 Å². The van der Waals surface area contributed by atoms with E-state index < -0.39 is 5.91 Å². The first kappa shape index (κ1) is 18.0. The Labute approximate surface area is 165 Å². The van der Waals surface area contributed by atoms with Crippen LogP contribution in [0, 0.1) is 0 Å². The molecule has 144 valence electrons. The number of amides is 1. The standard InChI is InChI=1S/C22H22N2O4/c1-23-22(26)20-21(28-15-17-10-6-3-7-11-17)19(12-18(13-25)24-20)27-14-16-8-4-2-5-9-16/h2-12,25H,13-15H2,1H3,(H,23,26)/i1T. The van der Waals surface area contributed by atoms with E-state index in [4.69, 9.17) is 10.8 Å². The first-order valence-electron chi connectivity index (χ1n) is 9.47. The van der Waals surface area contributed by atoms with Gasteiger partial charge in [0.25, 0.3) is 5.91 Å². The lowest BCUT2D eigenvalue weighted by molar-refractivity contribution is 0.0951. The second kappa shape index (κ2) is 9.53. The third-order valence-electron chi connectivity index (χ3n) is 3.99. The minimum Gasteiger partial charge on any atom is -0.485 e. The summed E-state index contributed by atoms with van der Waals surface area (Å²) in [5.74, 6) is -0.0881. The van der Waals surface area contributed by atoms with E-state index in [2.05, 4.69) is 10.3 Å². The molecule has 28 heavy (non-hydrogen) atoms. The zero-order valence-electron chi connectivity index (χ0n) is 16.3. The van der Waals surface area contributed by atoms with Crippen LogP contribution in [-0.2, 0) is 19.8 Å². The van der Waals surface area contributed by atoms with E-state index in [9.17, 15) is 9.90 Å². The van der Waals surface area contributed by atoms with Crippen molar-refractivity contribution in [1.82, 2.24) is 10.3 Å². The van der Waals surface area contributed by atoms with Gasteiger partial charge in [-0.25, -0.2) is 4.98 Å². The fraction of sp³-hybridized carbons (Fsp3) is 0.182. The topological polar surface area (TPSA) is 80.7 Å². The van der Waals surface area contributed by atoms with Gasteiger partial charge in [-0.3, -0.25) is 4.79 Å². The van der Waals surface area contributed by atoms with Gasteiger partial charge in [-0.1, -0.05) is 60.7 Å². The lowest BCUT2D eigenvalue weighted by Crippen LogP contribution is -2.21. The summed E-state index contributed by atoms with van der Waals surface area (Å²) >= 11 is 0. The predicted molar refractivity (Wildman–Crippen MR) is 105 cm³/mol. The number of rotatable bonds is 8. The van der Waals surface area contributed by atoms with Gasteiger partial charge >= 0.3 is 0 Å². The van der Waals surface area contributed by atoms with Gasteiger partial charge in [0.1, 0.15) is 13.2 Å². The van der Waals surface area contributed by atoms with Gasteiger partial charge in [-0.2, -0.15) is 0 Å². The van der Waals surface area contributed by atoms with E-state index in [0.29, 0.717) is 5.75 Å². The molecule has 0 aliphatic rings. The van der Waals surface area contributed by atoms with Crippen molar-refractivity contribution in [3.05, 3.63) is 89.2 Å².